The summed E-state index contributed by atoms with van der Waals surface area (Å²) >= 11 is 3.39. The van der Waals surface area contributed by atoms with Gasteiger partial charge in [-0.3, -0.25) is 9.59 Å². The molecule has 0 aliphatic carbocycles. The maximum atomic E-state index is 12.6. The van der Waals surface area contributed by atoms with Crippen LogP contribution in [0.4, 0.5) is 0 Å². The van der Waals surface area contributed by atoms with Crippen LogP contribution in [-0.4, -0.2) is 43.6 Å². The number of nitrogens with zero attached hydrogens (tertiary/aromatic N) is 1. The van der Waals surface area contributed by atoms with Crippen molar-refractivity contribution in [3.63, 3.8) is 0 Å². The molecule has 0 aromatic heterocycles. The molecule has 22 heavy (non-hydrogen) atoms. The molecule has 1 aliphatic heterocycles. The Morgan fingerprint density at radius 3 is 2.82 bits per heavy atom. The van der Waals surface area contributed by atoms with E-state index in [0.717, 1.165) is 17.3 Å². The van der Waals surface area contributed by atoms with E-state index in [0.29, 0.717) is 31.0 Å². The van der Waals surface area contributed by atoms with Gasteiger partial charge in [-0.05, 0) is 53.9 Å². The number of methoxy groups -OCH3 is 1. The molecule has 1 heterocycles. The minimum absolute atomic E-state index is 0.0719. The molecule has 2 rings (SSSR count). The van der Waals surface area contributed by atoms with E-state index in [1.165, 1.54) is 0 Å². The molecule has 0 radical (unpaired) electrons. The van der Waals surface area contributed by atoms with Crippen LogP contribution in [0.3, 0.4) is 0 Å². The van der Waals surface area contributed by atoms with Crippen LogP contribution in [0, 0.1) is 5.92 Å². The Morgan fingerprint density at radius 1 is 1.41 bits per heavy atom. The molecular weight excluding hydrogens is 350 g/mol. The molecule has 1 aromatic rings. The maximum Gasteiger partial charge on any atom is 0.310 e. The molecule has 1 atom stereocenters. The third-order valence-electron chi connectivity index (χ3n) is 3.73. The number of hydrogen-bond acceptors (Lipinski definition) is 4. The van der Waals surface area contributed by atoms with Crippen LogP contribution in [0.25, 0.3) is 0 Å². The lowest BCUT2D eigenvalue weighted by Gasteiger charge is -2.31. The van der Waals surface area contributed by atoms with Gasteiger partial charge in [0, 0.05) is 18.7 Å². The predicted molar refractivity (Wildman–Crippen MR) is 86.0 cm³/mol. The third-order valence-corrected chi connectivity index (χ3v) is 4.35. The van der Waals surface area contributed by atoms with Crippen molar-refractivity contribution >= 4 is 27.8 Å². The summed E-state index contributed by atoms with van der Waals surface area (Å²) in [5, 5.41) is 0. The zero-order valence-corrected chi connectivity index (χ0v) is 14.4. The molecule has 1 aliphatic rings. The first kappa shape index (κ1) is 16.8. The van der Waals surface area contributed by atoms with Gasteiger partial charge in [0.05, 0.1) is 24.1 Å². The number of carbonyl (C=O) groups excluding carboxylic acids is 2. The van der Waals surface area contributed by atoms with E-state index < -0.39 is 0 Å². The van der Waals surface area contributed by atoms with Gasteiger partial charge in [0.25, 0.3) is 5.91 Å². The van der Waals surface area contributed by atoms with Gasteiger partial charge in [-0.25, -0.2) is 0 Å². The molecule has 120 valence electrons. The summed E-state index contributed by atoms with van der Waals surface area (Å²) in [5.74, 6) is 0.173. The molecule has 0 unspecified atom stereocenters. The van der Waals surface area contributed by atoms with Crippen molar-refractivity contribution in [2.75, 3.05) is 26.8 Å². The zero-order chi connectivity index (χ0) is 16.1. The molecule has 0 spiro atoms. The minimum atomic E-state index is -0.223. The lowest BCUT2D eigenvalue weighted by molar-refractivity contribution is -0.149. The van der Waals surface area contributed by atoms with Crippen molar-refractivity contribution < 1.29 is 19.1 Å². The van der Waals surface area contributed by atoms with Crippen LogP contribution in [-0.2, 0) is 9.53 Å². The quantitative estimate of drug-likeness (QED) is 0.765. The molecule has 0 saturated carbocycles. The van der Waals surface area contributed by atoms with E-state index in [1.54, 1.807) is 37.1 Å². The number of halogens is 1. The number of esters is 1. The first-order valence-electron chi connectivity index (χ1n) is 7.36. The van der Waals surface area contributed by atoms with Crippen molar-refractivity contribution in [3.8, 4) is 5.75 Å². The fourth-order valence-electron chi connectivity index (χ4n) is 2.60. The lowest BCUT2D eigenvalue weighted by Crippen LogP contribution is -2.42. The van der Waals surface area contributed by atoms with Gasteiger partial charge in [-0.15, -0.1) is 0 Å². The summed E-state index contributed by atoms with van der Waals surface area (Å²) in [7, 11) is 1.58. The number of ether oxygens (including phenoxy) is 2. The Balaban J connectivity index is 2.08. The van der Waals surface area contributed by atoms with Crippen molar-refractivity contribution in [1.29, 1.82) is 0 Å². The summed E-state index contributed by atoms with van der Waals surface area (Å²) in [6.07, 6.45) is 1.58. The monoisotopic (exact) mass is 369 g/mol. The molecule has 1 fully saturated rings. The van der Waals surface area contributed by atoms with E-state index in [4.69, 9.17) is 9.47 Å². The normalized spacial score (nSPS) is 18.0. The second-order valence-electron chi connectivity index (χ2n) is 5.19. The van der Waals surface area contributed by atoms with Crippen LogP contribution in [0.5, 0.6) is 5.75 Å². The van der Waals surface area contributed by atoms with Crippen molar-refractivity contribution in [3.05, 3.63) is 28.2 Å². The van der Waals surface area contributed by atoms with Gasteiger partial charge in [-0.1, -0.05) is 0 Å². The molecule has 1 saturated heterocycles. The first-order valence-corrected chi connectivity index (χ1v) is 8.15. The SMILES string of the molecule is CCOC(=O)[C@@H]1CCCN(C(=O)c2ccc(OC)c(Br)c2)C1. The van der Waals surface area contributed by atoms with Gasteiger partial charge in [0.15, 0.2) is 0 Å². The summed E-state index contributed by atoms with van der Waals surface area (Å²) in [4.78, 5) is 26.2. The number of amides is 1. The van der Waals surface area contributed by atoms with Crippen LogP contribution < -0.4 is 4.74 Å². The van der Waals surface area contributed by atoms with Crippen molar-refractivity contribution in [2.45, 2.75) is 19.8 Å². The summed E-state index contributed by atoms with van der Waals surface area (Å²) < 4.78 is 11.0. The van der Waals surface area contributed by atoms with E-state index >= 15 is 0 Å². The van der Waals surface area contributed by atoms with E-state index in [9.17, 15) is 9.59 Å². The molecular formula is C16H20BrNO4. The van der Waals surface area contributed by atoms with Gasteiger partial charge >= 0.3 is 5.97 Å². The predicted octanol–water partition coefficient (Wildman–Crippen LogP) is 2.87. The number of carbonyl (C=O) groups is 2. The van der Waals surface area contributed by atoms with Crippen LogP contribution in [0.2, 0.25) is 0 Å². The van der Waals surface area contributed by atoms with Crippen molar-refractivity contribution in [2.24, 2.45) is 5.92 Å². The second kappa shape index (κ2) is 7.63. The summed E-state index contributed by atoms with van der Waals surface area (Å²) in [6.45, 7) is 3.24. The Morgan fingerprint density at radius 2 is 2.18 bits per heavy atom. The van der Waals surface area contributed by atoms with Crippen molar-refractivity contribution in [1.82, 2.24) is 4.90 Å². The van der Waals surface area contributed by atoms with Gasteiger partial charge < -0.3 is 14.4 Å². The average Bonchev–Trinajstić information content (AvgIpc) is 2.54. The highest BCUT2D eigenvalue weighted by atomic mass is 79.9. The molecule has 6 heteroatoms. The molecule has 1 aromatic carbocycles. The minimum Gasteiger partial charge on any atom is -0.496 e. The third kappa shape index (κ3) is 3.80. The number of likely N-dealkylation sites (tertiary alicyclic amines) is 1. The second-order valence-corrected chi connectivity index (χ2v) is 6.05. The summed E-state index contributed by atoms with van der Waals surface area (Å²) in [5.41, 5.74) is 0.581. The Labute approximate surface area is 138 Å². The van der Waals surface area contributed by atoms with Gasteiger partial charge in [0.2, 0.25) is 0 Å². The van der Waals surface area contributed by atoms with Gasteiger partial charge in [-0.2, -0.15) is 0 Å². The first-order chi connectivity index (χ1) is 10.6. The Bertz CT molecular complexity index is 561. The topological polar surface area (TPSA) is 55.8 Å². The molecule has 0 N–H and O–H groups in total. The maximum absolute atomic E-state index is 12.6. The van der Waals surface area contributed by atoms with Crippen LogP contribution in [0.1, 0.15) is 30.1 Å². The van der Waals surface area contributed by atoms with E-state index in [-0.39, 0.29) is 17.8 Å². The largest absolute Gasteiger partial charge is 0.496 e. The number of rotatable bonds is 4. The molecule has 5 nitrogen and oxygen atoms in total. The van der Waals surface area contributed by atoms with Crippen LogP contribution >= 0.6 is 15.9 Å². The summed E-state index contributed by atoms with van der Waals surface area (Å²) in [6, 6.07) is 5.24. The van der Waals surface area contributed by atoms with E-state index in [2.05, 4.69) is 15.9 Å². The number of hydrogen-bond donors (Lipinski definition) is 0. The van der Waals surface area contributed by atoms with E-state index in [1.807, 2.05) is 0 Å². The number of benzene rings is 1. The fraction of sp³-hybridized carbons (Fsp3) is 0.500. The Hall–Kier alpha value is -1.56. The highest BCUT2D eigenvalue weighted by molar-refractivity contribution is 9.10. The molecule has 1 amide bonds. The smallest absolute Gasteiger partial charge is 0.310 e. The average molecular weight is 370 g/mol. The number of piperidine rings is 1. The van der Waals surface area contributed by atoms with Gasteiger partial charge in [0.1, 0.15) is 5.75 Å². The highest BCUT2D eigenvalue weighted by Gasteiger charge is 2.29. The van der Waals surface area contributed by atoms with Crippen LogP contribution in [0.15, 0.2) is 22.7 Å². The lowest BCUT2D eigenvalue weighted by atomic mass is 9.97. The molecule has 0 bridgehead atoms. The Kier molecular flexibility index (Phi) is 5.83. The standard InChI is InChI=1S/C16H20BrNO4/c1-3-22-16(20)12-5-4-8-18(10-12)15(19)11-6-7-14(21-2)13(17)9-11/h6-7,9,12H,3-5,8,10H2,1-2H3/t12-/m1/s1. The highest BCUT2D eigenvalue weighted by Crippen LogP contribution is 2.27. The zero-order valence-electron chi connectivity index (χ0n) is 12.8. The fourth-order valence-corrected chi connectivity index (χ4v) is 3.14.